The van der Waals surface area contributed by atoms with Crippen molar-refractivity contribution in [2.24, 2.45) is 0 Å². The van der Waals surface area contributed by atoms with Crippen LogP contribution in [0.15, 0.2) is 0 Å². The average molecular weight is 502 g/mol. The summed E-state index contributed by atoms with van der Waals surface area (Å²) in [6.07, 6.45) is 2.36. The van der Waals surface area contributed by atoms with Crippen LogP contribution in [0.5, 0.6) is 0 Å². The van der Waals surface area contributed by atoms with Crippen LogP contribution in [0.25, 0.3) is 0 Å². The van der Waals surface area contributed by atoms with Crippen LogP contribution in [0.1, 0.15) is 26.2 Å². The highest BCUT2D eigenvalue weighted by Gasteiger charge is 2.37. The van der Waals surface area contributed by atoms with Crippen molar-refractivity contribution in [3.63, 3.8) is 0 Å². The molecule has 14 heteroatoms. The smallest absolute Gasteiger partial charge is 0.325 e. The maximum atomic E-state index is 12.4. The maximum Gasteiger partial charge on any atom is 0.325 e. The van der Waals surface area contributed by atoms with Gasteiger partial charge in [0.1, 0.15) is 13.1 Å². The first-order valence-corrected chi connectivity index (χ1v) is 11.9. The Labute approximate surface area is 201 Å². The van der Waals surface area contributed by atoms with E-state index in [1.54, 1.807) is 6.26 Å². The zero-order chi connectivity index (χ0) is 25.7. The summed E-state index contributed by atoms with van der Waals surface area (Å²) >= 11 is 1.27. The molecule has 34 heavy (non-hydrogen) atoms. The average Bonchev–Trinajstić information content (AvgIpc) is 3.09. The lowest BCUT2D eigenvalue weighted by Crippen LogP contribution is -2.48. The molecule has 3 N–H and O–H groups in total. The zero-order valence-electron chi connectivity index (χ0n) is 19.5. The minimum atomic E-state index is -0.728. The Kier molecular flexibility index (Phi) is 12.6. The molecule has 0 bridgehead atoms. The molecule has 1 heterocycles. The molecule has 1 unspecified atom stereocenters. The summed E-state index contributed by atoms with van der Waals surface area (Å²) in [6, 6.07) is 0. The molecule has 6 amide bonds. The van der Waals surface area contributed by atoms with Crippen LogP contribution >= 0.6 is 11.8 Å². The van der Waals surface area contributed by atoms with Crippen molar-refractivity contribution < 1.29 is 38.3 Å². The number of nitrogens with zero attached hydrogens (tertiary/aromatic N) is 2. The van der Waals surface area contributed by atoms with E-state index in [2.05, 4.69) is 20.7 Å². The predicted molar refractivity (Wildman–Crippen MR) is 121 cm³/mol. The molecular weight excluding hydrogens is 470 g/mol. The van der Waals surface area contributed by atoms with Gasteiger partial charge in [0, 0.05) is 25.9 Å². The van der Waals surface area contributed by atoms with Crippen LogP contribution in [0.2, 0.25) is 0 Å². The molecule has 0 aliphatic carbocycles. The second-order valence-corrected chi connectivity index (χ2v) is 8.33. The molecular formula is C20H31N5O8S. The highest BCUT2D eigenvalue weighted by molar-refractivity contribution is 8.00. The van der Waals surface area contributed by atoms with Crippen molar-refractivity contribution in [1.29, 1.82) is 0 Å². The van der Waals surface area contributed by atoms with Gasteiger partial charge in [-0.3, -0.25) is 38.5 Å². The van der Waals surface area contributed by atoms with Gasteiger partial charge >= 0.3 is 5.97 Å². The number of amides is 6. The summed E-state index contributed by atoms with van der Waals surface area (Å²) in [5.41, 5.74) is 0. The van der Waals surface area contributed by atoms with Gasteiger partial charge in [0.25, 0.3) is 0 Å². The molecule has 1 fully saturated rings. The lowest BCUT2D eigenvalue weighted by molar-refractivity contribution is -0.148. The van der Waals surface area contributed by atoms with Crippen LogP contribution in [0.3, 0.4) is 0 Å². The van der Waals surface area contributed by atoms with Gasteiger partial charge in [0.2, 0.25) is 35.4 Å². The first kappa shape index (κ1) is 28.9. The van der Waals surface area contributed by atoms with E-state index in [4.69, 9.17) is 0 Å². The number of methoxy groups -OCH3 is 1. The van der Waals surface area contributed by atoms with Crippen molar-refractivity contribution in [2.75, 3.05) is 52.6 Å². The number of hydrogen-bond donors (Lipinski definition) is 3. The van der Waals surface area contributed by atoms with Crippen LogP contribution in [-0.4, -0.2) is 109 Å². The summed E-state index contributed by atoms with van der Waals surface area (Å²) in [6.45, 7) is 0.406. The predicted octanol–water partition coefficient (Wildman–Crippen LogP) is -2.37. The highest BCUT2D eigenvalue weighted by Crippen LogP contribution is 2.22. The van der Waals surface area contributed by atoms with Crippen molar-refractivity contribution in [3.05, 3.63) is 0 Å². The third-order valence-corrected chi connectivity index (χ3v) is 5.68. The normalized spacial score (nSPS) is 15.0. The van der Waals surface area contributed by atoms with Crippen LogP contribution in [0, 0.1) is 0 Å². The highest BCUT2D eigenvalue weighted by atomic mass is 32.2. The van der Waals surface area contributed by atoms with Gasteiger partial charge in [-0.2, -0.15) is 11.8 Å². The molecule has 1 rings (SSSR count). The van der Waals surface area contributed by atoms with E-state index in [-0.39, 0.29) is 37.7 Å². The lowest BCUT2D eigenvalue weighted by Gasteiger charge is -2.21. The lowest BCUT2D eigenvalue weighted by atomic mass is 10.3. The number of hydrogen-bond acceptors (Lipinski definition) is 9. The van der Waals surface area contributed by atoms with Gasteiger partial charge in [0.05, 0.1) is 25.4 Å². The summed E-state index contributed by atoms with van der Waals surface area (Å²) in [5.74, 6) is -3.77. The molecule has 0 saturated carbocycles. The van der Waals surface area contributed by atoms with Crippen LogP contribution in [-0.2, 0) is 38.3 Å². The van der Waals surface area contributed by atoms with Crippen LogP contribution < -0.4 is 16.0 Å². The molecule has 0 spiro atoms. The Hall–Kier alpha value is -3.16. The van der Waals surface area contributed by atoms with Gasteiger partial charge in [0.15, 0.2) is 0 Å². The topological polar surface area (TPSA) is 171 Å². The van der Waals surface area contributed by atoms with Gasteiger partial charge < -0.3 is 25.6 Å². The molecule has 0 aromatic carbocycles. The van der Waals surface area contributed by atoms with E-state index in [0.29, 0.717) is 13.0 Å². The Morgan fingerprint density at radius 1 is 1.03 bits per heavy atom. The van der Waals surface area contributed by atoms with Crippen molar-refractivity contribution in [2.45, 2.75) is 31.4 Å². The number of ether oxygens (including phenoxy) is 1. The number of imide groups is 1. The largest absolute Gasteiger partial charge is 0.468 e. The van der Waals surface area contributed by atoms with E-state index in [0.717, 1.165) is 16.9 Å². The molecule has 13 nitrogen and oxygen atoms in total. The number of esters is 1. The van der Waals surface area contributed by atoms with E-state index >= 15 is 0 Å². The van der Waals surface area contributed by atoms with E-state index < -0.39 is 54.5 Å². The summed E-state index contributed by atoms with van der Waals surface area (Å²) in [4.78, 5) is 85.6. The Morgan fingerprint density at radius 2 is 1.71 bits per heavy atom. The van der Waals surface area contributed by atoms with Gasteiger partial charge in [-0.25, -0.2) is 0 Å². The van der Waals surface area contributed by atoms with Crippen molar-refractivity contribution >= 4 is 53.2 Å². The molecule has 1 aliphatic heterocycles. The summed E-state index contributed by atoms with van der Waals surface area (Å²) in [7, 11) is 1.14. The molecule has 0 aromatic rings. The second-order valence-electron chi connectivity index (χ2n) is 7.29. The first-order chi connectivity index (χ1) is 16.1. The monoisotopic (exact) mass is 501 g/mol. The molecule has 0 radical (unpaired) electrons. The number of rotatable bonds is 14. The molecule has 1 saturated heterocycles. The number of carbonyl (C=O) groups excluding carboxylic acids is 7. The van der Waals surface area contributed by atoms with E-state index in [9.17, 15) is 33.6 Å². The summed E-state index contributed by atoms with van der Waals surface area (Å²) < 4.78 is 4.52. The Morgan fingerprint density at radius 3 is 2.29 bits per heavy atom. The molecule has 190 valence electrons. The van der Waals surface area contributed by atoms with Crippen molar-refractivity contribution in [3.8, 4) is 0 Å². The number of carbonyl (C=O) groups is 7. The maximum absolute atomic E-state index is 12.4. The SMILES string of the molecule is CCCNC(=O)CN(CC(=O)OC)C(=O)CNC(=O)CNC(=O)CCN1C(=O)CC(SC)C1=O. The van der Waals surface area contributed by atoms with Crippen molar-refractivity contribution in [1.82, 2.24) is 25.8 Å². The fraction of sp³-hybridized carbons (Fsp3) is 0.650. The fourth-order valence-corrected chi connectivity index (χ4v) is 3.49. The second kappa shape index (κ2) is 14.9. The number of nitrogens with one attached hydrogen (secondary N) is 3. The third kappa shape index (κ3) is 9.77. The van der Waals surface area contributed by atoms with Gasteiger partial charge in [-0.15, -0.1) is 0 Å². The van der Waals surface area contributed by atoms with Crippen LogP contribution in [0.4, 0.5) is 0 Å². The Bertz CT molecular complexity index is 806. The van der Waals surface area contributed by atoms with Gasteiger partial charge in [-0.05, 0) is 12.7 Å². The third-order valence-electron chi connectivity index (χ3n) is 4.74. The minimum absolute atomic E-state index is 0.0801. The number of likely N-dealkylation sites (tertiary alicyclic amines) is 1. The standard InChI is InChI=1S/C20H31N5O8S/c1-4-6-21-16(28)11-24(12-19(31)33-2)18(30)10-23-15(27)9-22-14(26)5-7-25-17(29)8-13(34-3)20(25)32/h13H,4-12H2,1-3H3,(H,21,28)(H,22,26)(H,23,27). The van der Waals surface area contributed by atoms with E-state index in [1.165, 1.54) is 11.8 Å². The first-order valence-electron chi connectivity index (χ1n) is 10.6. The minimum Gasteiger partial charge on any atom is -0.468 e. The molecule has 1 atom stereocenters. The molecule has 1 aliphatic rings. The molecule has 0 aromatic heterocycles. The van der Waals surface area contributed by atoms with Gasteiger partial charge in [-0.1, -0.05) is 6.92 Å². The Balaban J connectivity index is 2.43. The van der Waals surface area contributed by atoms with E-state index in [1.807, 2.05) is 6.92 Å². The number of thioether (sulfide) groups is 1. The zero-order valence-corrected chi connectivity index (χ0v) is 20.3. The fourth-order valence-electron chi connectivity index (χ4n) is 2.85. The summed E-state index contributed by atoms with van der Waals surface area (Å²) in [5, 5.41) is 6.79. The quantitative estimate of drug-likeness (QED) is 0.174.